The molecule has 3 heteroatoms. The molecule has 1 aromatic heterocycles. The van der Waals surface area contributed by atoms with E-state index in [0.717, 1.165) is 6.42 Å². The number of nitrogens with zero attached hydrogens (tertiary/aromatic N) is 1. The lowest BCUT2D eigenvalue weighted by atomic mass is 9.77. The van der Waals surface area contributed by atoms with E-state index in [-0.39, 0.29) is 5.92 Å². The number of carbonyl (C=O) groups excluding carboxylic acids is 1. The first-order valence-corrected chi connectivity index (χ1v) is 7.32. The van der Waals surface area contributed by atoms with Gasteiger partial charge in [-0.3, -0.25) is 9.69 Å². The summed E-state index contributed by atoms with van der Waals surface area (Å²) in [5.41, 5.74) is 0. The average Bonchev–Trinajstić information content (AvgIpc) is 2.87. The molecular formula is C14H19NOS. The SMILES string of the molecule is CC(=O)[C@H]1C[C@H]2CC[C@H]([C@H]1c1cccs1)N2C. The molecule has 0 aromatic carbocycles. The van der Waals surface area contributed by atoms with Crippen molar-refractivity contribution in [2.45, 2.75) is 44.2 Å². The van der Waals surface area contributed by atoms with Crippen LogP contribution in [0, 0.1) is 5.92 Å². The Morgan fingerprint density at radius 2 is 2.29 bits per heavy atom. The Bertz CT molecular complexity index is 414. The minimum atomic E-state index is 0.252. The maximum Gasteiger partial charge on any atom is 0.133 e. The predicted molar refractivity (Wildman–Crippen MR) is 70.4 cm³/mol. The van der Waals surface area contributed by atoms with Gasteiger partial charge in [-0.15, -0.1) is 11.3 Å². The molecule has 92 valence electrons. The minimum Gasteiger partial charge on any atom is -0.300 e. The van der Waals surface area contributed by atoms with Gasteiger partial charge in [0.05, 0.1) is 0 Å². The van der Waals surface area contributed by atoms with Gasteiger partial charge in [-0.1, -0.05) is 6.07 Å². The van der Waals surface area contributed by atoms with Gasteiger partial charge in [0.15, 0.2) is 0 Å². The molecule has 3 heterocycles. The fourth-order valence-corrected chi connectivity index (χ4v) is 4.70. The Labute approximate surface area is 107 Å². The summed E-state index contributed by atoms with van der Waals surface area (Å²) in [6.45, 7) is 1.77. The van der Waals surface area contributed by atoms with Crippen LogP contribution in [0.2, 0.25) is 0 Å². The molecule has 2 fully saturated rings. The van der Waals surface area contributed by atoms with Crippen molar-refractivity contribution in [3.63, 3.8) is 0 Å². The highest BCUT2D eigenvalue weighted by molar-refractivity contribution is 7.10. The Morgan fingerprint density at radius 3 is 2.94 bits per heavy atom. The maximum absolute atomic E-state index is 11.9. The van der Waals surface area contributed by atoms with E-state index in [0.29, 0.717) is 23.8 Å². The van der Waals surface area contributed by atoms with E-state index in [9.17, 15) is 4.79 Å². The van der Waals surface area contributed by atoms with Crippen LogP contribution in [0.1, 0.15) is 37.0 Å². The van der Waals surface area contributed by atoms with Crippen molar-refractivity contribution in [2.75, 3.05) is 7.05 Å². The van der Waals surface area contributed by atoms with E-state index in [4.69, 9.17) is 0 Å². The number of likely N-dealkylation sites (N-methyl/N-ethyl adjacent to an activating group) is 1. The molecule has 2 bridgehead atoms. The Morgan fingerprint density at radius 1 is 1.47 bits per heavy atom. The van der Waals surface area contributed by atoms with E-state index >= 15 is 0 Å². The smallest absolute Gasteiger partial charge is 0.133 e. The highest BCUT2D eigenvalue weighted by atomic mass is 32.1. The Balaban J connectivity index is 1.98. The highest BCUT2D eigenvalue weighted by Gasteiger charge is 2.47. The molecule has 0 N–H and O–H groups in total. The third-order valence-electron chi connectivity index (χ3n) is 4.66. The maximum atomic E-state index is 11.9. The number of fused-ring (bicyclic) bond motifs is 2. The molecule has 0 unspecified atom stereocenters. The summed E-state index contributed by atoms with van der Waals surface area (Å²) in [6.07, 6.45) is 3.59. The third kappa shape index (κ3) is 1.76. The quantitative estimate of drug-likeness (QED) is 0.803. The van der Waals surface area contributed by atoms with Crippen LogP contribution in [-0.2, 0) is 4.79 Å². The van der Waals surface area contributed by atoms with E-state index in [1.165, 1.54) is 17.7 Å². The van der Waals surface area contributed by atoms with Gasteiger partial charge < -0.3 is 0 Å². The summed E-state index contributed by atoms with van der Waals surface area (Å²) in [4.78, 5) is 15.8. The van der Waals surface area contributed by atoms with Crippen molar-refractivity contribution in [1.82, 2.24) is 4.90 Å². The minimum absolute atomic E-state index is 0.252. The fourth-order valence-electron chi connectivity index (χ4n) is 3.75. The van der Waals surface area contributed by atoms with Crippen LogP contribution in [0.5, 0.6) is 0 Å². The summed E-state index contributed by atoms with van der Waals surface area (Å²) < 4.78 is 0. The van der Waals surface area contributed by atoms with Gasteiger partial charge in [-0.05, 0) is 44.7 Å². The Kier molecular flexibility index (Phi) is 2.83. The fraction of sp³-hybridized carbons (Fsp3) is 0.643. The molecule has 0 saturated carbocycles. The average molecular weight is 249 g/mol. The largest absolute Gasteiger partial charge is 0.300 e. The van der Waals surface area contributed by atoms with E-state index < -0.39 is 0 Å². The van der Waals surface area contributed by atoms with Gasteiger partial charge in [0, 0.05) is 28.8 Å². The first kappa shape index (κ1) is 11.4. The lowest BCUT2D eigenvalue weighted by molar-refractivity contribution is -0.123. The van der Waals surface area contributed by atoms with Gasteiger partial charge >= 0.3 is 0 Å². The second-order valence-corrected chi connectivity index (χ2v) is 6.44. The summed E-state index contributed by atoms with van der Waals surface area (Å²) in [5, 5.41) is 2.13. The van der Waals surface area contributed by atoms with Crippen LogP contribution in [0.25, 0.3) is 0 Å². The van der Waals surface area contributed by atoms with Gasteiger partial charge in [0.25, 0.3) is 0 Å². The Hall–Kier alpha value is -0.670. The van der Waals surface area contributed by atoms with Gasteiger partial charge in [-0.25, -0.2) is 0 Å². The second kappa shape index (κ2) is 4.21. The third-order valence-corrected chi connectivity index (χ3v) is 5.64. The number of Topliss-reactive ketones (excluding diaryl/α,β-unsaturated/α-hetero) is 1. The number of carbonyl (C=O) groups is 1. The number of hydrogen-bond donors (Lipinski definition) is 0. The molecule has 2 aliphatic rings. The second-order valence-electron chi connectivity index (χ2n) is 5.46. The molecule has 1 aromatic rings. The zero-order valence-electron chi connectivity index (χ0n) is 10.4. The first-order valence-electron chi connectivity index (χ1n) is 6.44. The molecule has 2 saturated heterocycles. The molecule has 17 heavy (non-hydrogen) atoms. The number of hydrogen-bond acceptors (Lipinski definition) is 3. The summed E-state index contributed by atoms with van der Waals surface area (Å²) in [7, 11) is 2.24. The predicted octanol–water partition coefficient (Wildman–Crippen LogP) is 2.90. The molecule has 3 rings (SSSR count). The van der Waals surface area contributed by atoms with E-state index in [1.54, 1.807) is 6.92 Å². The molecule has 0 amide bonds. The standard InChI is InChI=1S/C14H19NOS/c1-9(16)11-8-10-5-6-12(15(10)2)14(11)13-4-3-7-17-13/h3-4,7,10-12,14H,5-6,8H2,1-2H3/t10-,11-,12-,14+/m1/s1. The molecule has 2 aliphatic heterocycles. The van der Waals surface area contributed by atoms with Crippen molar-refractivity contribution in [3.05, 3.63) is 22.4 Å². The van der Waals surface area contributed by atoms with Gasteiger partial charge in [0.2, 0.25) is 0 Å². The van der Waals surface area contributed by atoms with Crippen LogP contribution < -0.4 is 0 Å². The molecule has 2 nitrogen and oxygen atoms in total. The number of piperidine rings is 1. The van der Waals surface area contributed by atoms with Crippen LogP contribution in [0.15, 0.2) is 17.5 Å². The number of ketones is 1. The number of thiophene rings is 1. The van der Waals surface area contributed by atoms with Crippen molar-refractivity contribution < 1.29 is 4.79 Å². The van der Waals surface area contributed by atoms with Gasteiger partial charge in [-0.2, -0.15) is 0 Å². The summed E-state index contributed by atoms with van der Waals surface area (Å²) in [6, 6.07) is 5.54. The van der Waals surface area contributed by atoms with E-state index in [2.05, 4.69) is 29.5 Å². The molecule has 0 radical (unpaired) electrons. The monoisotopic (exact) mass is 249 g/mol. The number of rotatable bonds is 2. The van der Waals surface area contributed by atoms with Crippen LogP contribution in [0.3, 0.4) is 0 Å². The molecular weight excluding hydrogens is 230 g/mol. The van der Waals surface area contributed by atoms with Crippen LogP contribution >= 0.6 is 11.3 Å². The van der Waals surface area contributed by atoms with Crippen LogP contribution in [0.4, 0.5) is 0 Å². The lowest BCUT2D eigenvalue weighted by Crippen LogP contribution is -2.46. The lowest BCUT2D eigenvalue weighted by Gasteiger charge is -2.41. The first-order chi connectivity index (χ1) is 8.18. The zero-order valence-corrected chi connectivity index (χ0v) is 11.2. The molecule has 0 spiro atoms. The molecule has 0 aliphatic carbocycles. The van der Waals surface area contributed by atoms with Crippen molar-refractivity contribution in [3.8, 4) is 0 Å². The van der Waals surface area contributed by atoms with Crippen molar-refractivity contribution >= 4 is 17.1 Å². The van der Waals surface area contributed by atoms with Crippen molar-refractivity contribution in [2.24, 2.45) is 5.92 Å². The molecule has 4 atom stereocenters. The van der Waals surface area contributed by atoms with Crippen LogP contribution in [-0.4, -0.2) is 29.8 Å². The normalized spacial score (nSPS) is 37.3. The van der Waals surface area contributed by atoms with E-state index in [1.807, 2.05) is 11.3 Å². The van der Waals surface area contributed by atoms with Gasteiger partial charge in [0.1, 0.15) is 5.78 Å². The highest BCUT2D eigenvalue weighted by Crippen LogP contribution is 2.47. The zero-order chi connectivity index (χ0) is 12.0. The topological polar surface area (TPSA) is 20.3 Å². The summed E-state index contributed by atoms with van der Waals surface area (Å²) in [5.74, 6) is 1.08. The van der Waals surface area contributed by atoms with Crippen molar-refractivity contribution in [1.29, 1.82) is 0 Å². The summed E-state index contributed by atoms with van der Waals surface area (Å²) >= 11 is 1.81.